The van der Waals surface area contributed by atoms with Crippen molar-refractivity contribution in [2.75, 3.05) is 11.9 Å². The van der Waals surface area contributed by atoms with Gasteiger partial charge in [-0.1, -0.05) is 12.1 Å². The molecule has 4 heteroatoms. The first-order valence-corrected chi connectivity index (χ1v) is 7.46. The van der Waals surface area contributed by atoms with Gasteiger partial charge in [-0.2, -0.15) is 5.26 Å². The molecule has 0 aromatic heterocycles. The Morgan fingerprint density at radius 3 is 2.52 bits per heavy atom. The minimum atomic E-state index is -0.514. The third kappa shape index (κ3) is 3.43. The largest absolute Gasteiger partial charge is 0.324 e. The SMILES string of the molecule is CC1(C(=O)Nc2ccc(C(C)(C)C#N)cc2)CCCCN1. The maximum Gasteiger partial charge on any atom is 0.244 e. The van der Waals surface area contributed by atoms with Gasteiger partial charge in [0, 0.05) is 5.69 Å². The second-order valence-corrected chi connectivity index (χ2v) is 6.48. The Balaban J connectivity index is 2.07. The van der Waals surface area contributed by atoms with Crippen molar-refractivity contribution < 1.29 is 4.79 Å². The molecule has 1 heterocycles. The number of nitriles is 1. The fourth-order valence-electron chi connectivity index (χ4n) is 2.55. The third-order valence-corrected chi connectivity index (χ3v) is 4.26. The second kappa shape index (κ2) is 5.87. The molecule has 0 spiro atoms. The van der Waals surface area contributed by atoms with Crippen LogP contribution in [0.5, 0.6) is 0 Å². The topological polar surface area (TPSA) is 64.9 Å². The maximum absolute atomic E-state index is 12.4. The Labute approximate surface area is 126 Å². The van der Waals surface area contributed by atoms with Crippen LogP contribution in [0.25, 0.3) is 0 Å². The normalized spacial score (nSPS) is 22.4. The lowest BCUT2D eigenvalue weighted by Crippen LogP contribution is -2.54. The molecule has 1 unspecified atom stereocenters. The highest BCUT2D eigenvalue weighted by Crippen LogP contribution is 2.25. The monoisotopic (exact) mass is 285 g/mol. The zero-order valence-corrected chi connectivity index (χ0v) is 13.0. The standard InChI is InChI=1S/C17H23N3O/c1-16(2,12-18)13-6-8-14(9-7-13)20-15(21)17(3)10-4-5-11-19-17/h6-9,19H,4-5,10-11H2,1-3H3,(H,20,21). The number of anilines is 1. The summed E-state index contributed by atoms with van der Waals surface area (Å²) in [6.07, 6.45) is 3.06. The fraction of sp³-hybridized carbons (Fsp3) is 0.529. The van der Waals surface area contributed by atoms with E-state index in [-0.39, 0.29) is 5.91 Å². The van der Waals surface area contributed by atoms with Gasteiger partial charge in [0.15, 0.2) is 0 Å². The van der Waals surface area contributed by atoms with E-state index in [0.717, 1.165) is 37.1 Å². The molecule has 1 fully saturated rings. The number of hydrogen-bond acceptors (Lipinski definition) is 3. The van der Waals surface area contributed by atoms with Crippen molar-refractivity contribution in [1.29, 1.82) is 5.26 Å². The predicted molar refractivity (Wildman–Crippen MR) is 84.0 cm³/mol. The molecule has 1 saturated heterocycles. The van der Waals surface area contributed by atoms with Gasteiger partial charge in [0.1, 0.15) is 0 Å². The summed E-state index contributed by atoms with van der Waals surface area (Å²) in [5.41, 5.74) is 0.721. The van der Waals surface area contributed by atoms with E-state index >= 15 is 0 Å². The average Bonchev–Trinajstić information content (AvgIpc) is 2.48. The number of hydrogen-bond donors (Lipinski definition) is 2. The van der Waals surface area contributed by atoms with Crippen molar-refractivity contribution in [2.45, 2.75) is 51.0 Å². The second-order valence-electron chi connectivity index (χ2n) is 6.48. The summed E-state index contributed by atoms with van der Waals surface area (Å²) < 4.78 is 0. The van der Waals surface area contributed by atoms with E-state index in [1.54, 1.807) is 0 Å². The number of benzene rings is 1. The Bertz CT molecular complexity index is 548. The summed E-state index contributed by atoms with van der Waals surface area (Å²) in [5.74, 6) is 0.00879. The van der Waals surface area contributed by atoms with Gasteiger partial charge in [0.25, 0.3) is 0 Å². The number of rotatable bonds is 3. The first kappa shape index (κ1) is 15.5. The lowest BCUT2D eigenvalue weighted by atomic mass is 9.86. The van der Waals surface area contributed by atoms with Crippen molar-refractivity contribution in [2.24, 2.45) is 0 Å². The Morgan fingerprint density at radius 2 is 2.00 bits per heavy atom. The molecule has 0 aliphatic carbocycles. The highest BCUT2D eigenvalue weighted by molar-refractivity contribution is 5.97. The van der Waals surface area contributed by atoms with E-state index in [1.165, 1.54) is 0 Å². The van der Waals surface area contributed by atoms with E-state index in [1.807, 2.05) is 45.0 Å². The van der Waals surface area contributed by atoms with Crippen LogP contribution >= 0.6 is 0 Å². The molecule has 1 atom stereocenters. The van der Waals surface area contributed by atoms with E-state index < -0.39 is 11.0 Å². The number of amides is 1. The average molecular weight is 285 g/mol. The number of carbonyl (C=O) groups excluding carboxylic acids is 1. The van der Waals surface area contributed by atoms with E-state index in [2.05, 4.69) is 16.7 Å². The molecule has 2 rings (SSSR count). The molecule has 1 amide bonds. The van der Waals surface area contributed by atoms with Gasteiger partial charge in [0.05, 0.1) is 17.0 Å². The Morgan fingerprint density at radius 1 is 1.33 bits per heavy atom. The minimum absolute atomic E-state index is 0.00879. The summed E-state index contributed by atoms with van der Waals surface area (Å²) in [6, 6.07) is 9.79. The summed E-state index contributed by atoms with van der Waals surface area (Å²) >= 11 is 0. The van der Waals surface area contributed by atoms with Gasteiger partial charge in [-0.15, -0.1) is 0 Å². The zero-order chi connectivity index (χ0) is 15.5. The lowest BCUT2D eigenvalue weighted by Gasteiger charge is -2.33. The molecular weight excluding hydrogens is 262 g/mol. The van der Waals surface area contributed by atoms with Crippen molar-refractivity contribution in [3.8, 4) is 6.07 Å². The van der Waals surface area contributed by atoms with Crippen LogP contribution in [0.2, 0.25) is 0 Å². The number of nitrogens with one attached hydrogen (secondary N) is 2. The van der Waals surface area contributed by atoms with Crippen LogP contribution in [-0.4, -0.2) is 18.0 Å². The lowest BCUT2D eigenvalue weighted by molar-refractivity contribution is -0.122. The number of nitrogens with zero attached hydrogens (tertiary/aromatic N) is 1. The molecule has 0 radical (unpaired) electrons. The van der Waals surface area contributed by atoms with Gasteiger partial charge < -0.3 is 10.6 Å². The van der Waals surface area contributed by atoms with Crippen molar-refractivity contribution in [1.82, 2.24) is 5.32 Å². The maximum atomic E-state index is 12.4. The molecule has 1 aromatic rings. The van der Waals surface area contributed by atoms with E-state index in [9.17, 15) is 4.79 Å². The Hall–Kier alpha value is -1.86. The molecule has 1 aliphatic rings. The summed E-state index contributed by atoms with van der Waals surface area (Å²) in [6.45, 7) is 6.61. The van der Waals surface area contributed by atoms with Crippen LogP contribution in [-0.2, 0) is 10.2 Å². The van der Waals surface area contributed by atoms with Crippen LogP contribution < -0.4 is 10.6 Å². The quantitative estimate of drug-likeness (QED) is 0.897. The molecule has 21 heavy (non-hydrogen) atoms. The first-order chi connectivity index (χ1) is 9.87. The summed E-state index contributed by atoms with van der Waals surface area (Å²) in [4.78, 5) is 12.4. The predicted octanol–water partition coefficient (Wildman–Crippen LogP) is 2.96. The third-order valence-electron chi connectivity index (χ3n) is 4.26. The van der Waals surface area contributed by atoms with Gasteiger partial charge in [-0.25, -0.2) is 0 Å². The highest BCUT2D eigenvalue weighted by Gasteiger charge is 2.34. The zero-order valence-electron chi connectivity index (χ0n) is 13.0. The van der Waals surface area contributed by atoms with Crippen LogP contribution in [0.15, 0.2) is 24.3 Å². The molecule has 1 aromatic carbocycles. The first-order valence-electron chi connectivity index (χ1n) is 7.46. The van der Waals surface area contributed by atoms with Crippen LogP contribution in [0, 0.1) is 11.3 Å². The van der Waals surface area contributed by atoms with Gasteiger partial charge >= 0.3 is 0 Å². The van der Waals surface area contributed by atoms with Gasteiger partial charge in [0.2, 0.25) is 5.91 Å². The Kier molecular flexibility index (Phi) is 4.34. The minimum Gasteiger partial charge on any atom is -0.324 e. The van der Waals surface area contributed by atoms with Crippen molar-refractivity contribution >= 4 is 11.6 Å². The molecule has 0 saturated carbocycles. The molecule has 112 valence electrons. The highest BCUT2D eigenvalue weighted by atomic mass is 16.2. The van der Waals surface area contributed by atoms with Crippen molar-refractivity contribution in [3.63, 3.8) is 0 Å². The van der Waals surface area contributed by atoms with Crippen LogP contribution in [0.1, 0.15) is 45.6 Å². The summed E-state index contributed by atoms with van der Waals surface area (Å²) in [7, 11) is 0. The summed E-state index contributed by atoms with van der Waals surface area (Å²) in [5, 5.41) is 15.4. The van der Waals surface area contributed by atoms with E-state index in [4.69, 9.17) is 5.26 Å². The molecule has 1 aliphatic heterocycles. The molecular formula is C17H23N3O. The molecule has 0 bridgehead atoms. The van der Waals surface area contributed by atoms with Crippen molar-refractivity contribution in [3.05, 3.63) is 29.8 Å². The molecule has 4 nitrogen and oxygen atoms in total. The number of carbonyl (C=O) groups is 1. The number of piperidine rings is 1. The van der Waals surface area contributed by atoms with Gasteiger partial charge in [-0.3, -0.25) is 4.79 Å². The molecule has 2 N–H and O–H groups in total. The van der Waals surface area contributed by atoms with E-state index in [0.29, 0.717) is 0 Å². The van der Waals surface area contributed by atoms with Crippen LogP contribution in [0.3, 0.4) is 0 Å². The van der Waals surface area contributed by atoms with Crippen LogP contribution in [0.4, 0.5) is 5.69 Å². The fourth-order valence-corrected chi connectivity index (χ4v) is 2.55. The van der Waals surface area contributed by atoms with Gasteiger partial charge in [-0.05, 0) is 64.3 Å². The smallest absolute Gasteiger partial charge is 0.244 e.